The summed E-state index contributed by atoms with van der Waals surface area (Å²) in [4.78, 5) is 15.4. The average molecular weight is 255 g/mol. The highest BCUT2D eigenvalue weighted by atomic mass is 16.3. The van der Waals surface area contributed by atoms with Gasteiger partial charge in [-0.15, -0.1) is 0 Å². The lowest BCUT2D eigenvalue weighted by Crippen LogP contribution is -2.03. The fraction of sp³-hybridized carbons (Fsp3) is 0. The molecule has 0 saturated heterocycles. The predicted molar refractivity (Wildman–Crippen MR) is 73.5 cm³/mol. The number of phenolic OH excluding ortho intramolecular Hbond substituents is 1. The molecule has 0 unspecified atom stereocenters. The molecule has 1 aromatic carbocycles. The molecule has 0 aliphatic heterocycles. The number of carbonyl (C=O) groups excluding carboxylic acids is 1. The van der Waals surface area contributed by atoms with E-state index in [0.717, 1.165) is 5.56 Å². The van der Waals surface area contributed by atoms with E-state index in [9.17, 15) is 9.90 Å². The topological polar surface area (TPSA) is 81.1 Å². The molecule has 5 nitrogen and oxygen atoms in total. The second-order valence-corrected chi connectivity index (χ2v) is 3.84. The van der Waals surface area contributed by atoms with Crippen molar-refractivity contribution in [2.75, 3.05) is 5.73 Å². The molecular formula is C14H13N3O2. The lowest BCUT2D eigenvalue weighted by Gasteiger charge is -1.98. The molecule has 0 aliphatic carbocycles. The van der Waals surface area contributed by atoms with E-state index in [4.69, 9.17) is 5.73 Å². The SMILES string of the molecule is Nc1cc(/C=C/C=C/C(=O)n2ccnc2)ccc1O. The van der Waals surface area contributed by atoms with Gasteiger partial charge < -0.3 is 10.8 Å². The van der Waals surface area contributed by atoms with Crippen LogP contribution in [-0.4, -0.2) is 20.6 Å². The number of aromatic hydroxyl groups is 1. The molecule has 0 atom stereocenters. The van der Waals surface area contributed by atoms with Gasteiger partial charge in [-0.05, 0) is 17.7 Å². The number of carbonyl (C=O) groups is 1. The number of benzene rings is 1. The van der Waals surface area contributed by atoms with Gasteiger partial charge in [-0.2, -0.15) is 0 Å². The molecule has 0 radical (unpaired) electrons. The maximum atomic E-state index is 11.6. The van der Waals surface area contributed by atoms with Crippen LogP contribution in [0.2, 0.25) is 0 Å². The summed E-state index contributed by atoms with van der Waals surface area (Å²) < 4.78 is 1.38. The average Bonchev–Trinajstić information content (AvgIpc) is 2.92. The molecule has 2 aromatic rings. The molecule has 0 amide bonds. The smallest absolute Gasteiger partial charge is 0.255 e. The maximum Gasteiger partial charge on any atom is 0.255 e. The Labute approximate surface area is 110 Å². The van der Waals surface area contributed by atoms with Crippen molar-refractivity contribution in [2.24, 2.45) is 0 Å². The number of nitrogens with two attached hydrogens (primary N) is 1. The van der Waals surface area contributed by atoms with Crippen molar-refractivity contribution in [2.45, 2.75) is 0 Å². The third-order valence-electron chi connectivity index (χ3n) is 2.45. The van der Waals surface area contributed by atoms with Crippen LogP contribution < -0.4 is 5.73 Å². The van der Waals surface area contributed by atoms with Crippen LogP contribution in [0.5, 0.6) is 5.75 Å². The van der Waals surface area contributed by atoms with Crippen molar-refractivity contribution in [1.82, 2.24) is 9.55 Å². The van der Waals surface area contributed by atoms with E-state index in [0.29, 0.717) is 5.69 Å². The third-order valence-corrected chi connectivity index (χ3v) is 2.45. The molecule has 2 rings (SSSR count). The number of rotatable bonds is 3. The van der Waals surface area contributed by atoms with Crippen molar-refractivity contribution in [3.63, 3.8) is 0 Å². The van der Waals surface area contributed by atoms with Crippen molar-refractivity contribution >= 4 is 17.7 Å². The minimum atomic E-state index is -0.174. The molecule has 0 saturated carbocycles. The zero-order chi connectivity index (χ0) is 13.7. The number of allylic oxidation sites excluding steroid dienone is 3. The van der Waals surface area contributed by atoms with Gasteiger partial charge in [0.15, 0.2) is 0 Å². The molecule has 1 aromatic heterocycles. The molecule has 3 N–H and O–H groups in total. The Kier molecular flexibility index (Phi) is 3.78. The number of hydrogen-bond acceptors (Lipinski definition) is 4. The molecule has 19 heavy (non-hydrogen) atoms. The summed E-state index contributed by atoms with van der Waals surface area (Å²) in [6.45, 7) is 0. The van der Waals surface area contributed by atoms with E-state index in [1.807, 2.05) is 0 Å². The van der Waals surface area contributed by atoms with Gasteiger partial charge in [-0.25, -0.2) is 4.98 Å². The molecule has 96 valence electrons. The Bertz CT molecular complexity index is 628. The Balaban J connectivity index is 1.99. The van der Waals surface area contributed by atoms with Crippen LogP contribution in [0.1, 0.15) is 10.4 Å². The van der Waals surface area contributed by atoms with Crippen molar-refractivity contribution in [1.29, 1.82) is 0 Å². The van der Waals surface area contributed by atoms with Gasteiger partial charge in [0.1, 0.15) is 12.1 Å². The number of aromatic nitrogens is 2. The van der Waals surface area contributed by atoms with Gasteiger partial charge in [0.05, 0.1) is 5.69 Å². The number of hydrogen-bond donors (Lipinski definition) is 2. The van der Waals surface area contributed by atoms with E-state index < -0.39 is 0 Å². The lowest BCUT2D eigenvalue weighted by atomic mass is 10.2. The van der Waals surface area contributed by atoms with E-state index in [2.05, 4.69) is 4.98 Å². The summed E-state index contributed by atoms with van der Waals surface area (Å²) in [5.74, 6) is -0.115. The van der Waals surface area contributed by atoms with Gasteiger partial charge in [-0.3, -0.25) is 9.36 Å². The maximum absolute atomic E-state index is 11.6. The molecular weight excluding hydrogens is 242 g/mol. The summed E-state index contributed by atoms with van der Waals surface area (Å²) in [7, 11) is 0. The molecule has 1 heterocycles. The van der Waals surface area contributed by atoms with E-state index in [-0.39, 0.29) is 11.7 Å². The summed E-state index contributed by atoms with van der Waals surface area (Å²) in [6.07, 6.45) is 11.1. The fourth-order valence-electron chi connectivity index (χ4n) is 1.46. The summed E-state index contributed by atoms with van der Waals surface area (Å²) in [5.41, 5.74) is 6.73. The van der Waals surface area contributed by atoms with Crippen molar-refractivity contribution < 1.29 is 9.90 Å². The summed E-state index contributed by atoms with van der Waals surface area (Å²) in [6, 6.07) is 4.90. The van der Waals surface area contributed by atoms with Gasteiger partial charge >= 0.3 is 0 Å². The third kappa shape index (κ3) is 3.32. The quantitative estimate of drug-likeness (QED) is 0.381. The van der Waals surface area contributed by atoms with Crippen LogP contribution in [0.25, 0.3) is 6.08 Å². The molecule has 0 fully saturated rings. The zero-order valence-corrected chi connectivity index (χ0v) is 10.1. The number of phenols is 1. The van der Waals surface area contributed by atoms with Gasteiger partial charge in [0.2, 0.25) is 0 Å². The van der Waals surface area contributed by atoms with Crippen LogP contribution in [0, 0.1) is 0 Å². The highest BCUT2D eigenvalue weighted by Crippen LogP contribution is 2.20. The highest BCUT2D eigenvalue weighted by molar-refractivity contribution is 5.90. The number of anilines is 1. The van der Waals surface area contributed by atoms with Crippen LogP contribution in [0.4, 0.5) is 5.69 Å². The minimum absolute atomic E-state index is 0.0583. The van der Waals surface area contributed by atoms with Gasteiger partial charge in [-0.1, -0.05) is 24.3 Å². The second kappa shape index (κ2) is 5.68. The van der Waals surface area contributed by atoms with Crippen LogP contribution in [0.3, 0.4) is 0 Å². The first-order valence-corrected chi connectivity index (χ1v) is 5.62. The number of nitrogens with zero attached hydrogens (tertiary/aromatic N) is 2. The normalized spacial score (nSPS) is 11.4. The Morgan fingerprint density at radius 1 is 1.37 bits per heavy atom. The fourth-order valence-corrected chi connectivity index (χ4v) is 1.46. The molecule has 0 aliphatic rings. The number of nitrogen functional groups attached to an aromatic ring is 1. The van der Waals surface area contributed by atoms with E-state index in [1.54, 1.807) is 42.8 Å². The monoisotopic (exact) mass is 255 g/mol. The summed E-state index contributed by atoms with van der Waals surface area (Å²) >= 11 is 0. The standard InChI is InChI=1S/C14H13N3O2/c15-12-9-11(5-6-13(12)18)3-1-2-4-14(19)17-8-7-16-10-17/h1-10,18H,15H2/b3-1+,4-2+. The molecule has 0 bridgehead atoms. The van der Waals surface area contributed by atoms with Crippen LogP contribution in [0.15, 0.2) is 55.1 Å². The largest absolute Gasteiger partial charge is 0.506 e. The first-order valence-electron chi connectivity index (χ1n) is 5.62. The van der Waals surface area contributed by atoms with Crippen LogP contribution in [-0.2, 0) is 0 Å². The minimum Gasteiger partial charge on any atom is -0.506 e. The Morgan fingerprint density at radius 3 is 2.89 bits per heavy atom. The Morgan fingerprint density at radius 2 is 2.21 bits per heavy atom. The summed E-state index contributed by atoms with van der Waals surface area (Å²) in [5, 5.41) is 9.28. The predicted octanol–water partition coefficient (Wildman–Crippen LogP) is 2.08. The highest BCUT2D eigenvalue weighted by Gasteiger charge is 1.97. The van der Waals surface area contributed by atoms with Crippen molar-refractivity contribution in [3.05, 3.63) is 60.7 Å². The molecule has 5 heteroatoms. The zero-order valence-electron chi connectivity index (χ0n) is 10.1. The van der Waals surface area contributed by atoms with Gasteiger partial charge in [0.25, 0.3) is 5.91 Å². The Hall–Kier alpha value is -2.82. The lowest BCUT2D eigenvalue weighted by molar-refractivity contribution is 0.0968. The molecule has 0 spiro atoms. The van der Waals surface area contributed by atoms with Gasteiger partial charge in [0, 0.05) is 18.5 Å². The van der Waals surface area contributed by atoms with E-state index in [1.165, 1.54) is 23.0 Å². The van der Waals surface area contributed by atoms with E-state index >= 15 is 0 Å². The van der Waals surface area contributed by atoms with Crippen LogP contribution >= 0.6 is 0 Å². The first-order chi connectivity index (χ1) is 9.16. The number of imidazole rings is 1. The van der Waals surface area contributed by atoms with Crippen molar-refractivity contribution in [3.8, 4) is 5.75 Å². The second-order valence-electron chi connectivity index (χ2n) is 3.84. The first kappa shape index (κ1) is 12.6.